The molecule has 0 aliphatic carbocycles. The van der Waals surface area contributed by atoms with Gasteiger partial charge in [0.05, 0.1) is 5.71 Å². The summed E-state index contributed by atoms with van der Waals surface area (Å²) in [6.07, 6.45) is 0. The van der Waals surface area contributed by atoms with Gasteiger partial charge in [-0.25, -0.2) is 4.28 Å². The summed E-state index contributed by atoms with van der Waals surface area (Å²) in [6, 6.07) is 8.86. The Balaban J connectivity index is 0.00000196. The molecule has 0 spiro atoms. The average Bonchev–Trinajstić information content (AvgIpc) is 2.14. The molecule has 0 atom stereocenters. The summed E-state index contributed by atoms with van der Waals surface area (Å²) in [4.78, 5) is 0. The second-order valence-corrected chi connectivity index (χ2v) is 3.55. The number of nitrogens with zero attached hydrogens (tertiary/aromatic N) is 1. The Morgan fingerprint density at radius 2 is 1.87 bits per heavy atom. The van der Waals surface area contributed by atoms with Gasteiger partial charge in [-0.3, -0.25) is 4.55 Å². The van der Waals surface area contributed by atoms with Crippen molar-refractivity contribution in [1.82, 2.24) is 0 Å². The van der Waals surface area contributed by atoms with E-state index in [1.165, 1.54) is 0 Å². The normalized spacial score (nSPS) is 11.7. The second kappa shape index (κ2) is 6.74. The molecule has 1 radical (unpaired) electrons. The van der Waals surface area contributed by atoms with Crippen molar-refractivity contribution in [2.45, 2.75) is 6.92 Å². The molecule has 77 valence electrons. The van der Waals surface area contributed by atoms with Crippen molar-refractivity contribution in [1.29, 1.82) is 0 Å². The van der Waals surface area contributed by atoms with Crippen LogP contribution in [0.5, 0.6) is 0 Å². The van der Waals surface area contributed by atoms with E-state index in [1.807, 2.05) is 6.07 Å². The second-order valence-electron chi connectivity index (χ2n) is 2.54. The molecule has 0 fully saturated rings. The summed E-state index contributed by atoms with van der Waals surface area (Å²) in [5.41, 5.74) is 1.08. The number of hydrogen-bond acceptors (Lipinski definition) is 4. The third kappa shape index (κ3) is 6.41. The molecule has 0 amide bonds. The molecule has 0 saturated carbocycles. The molecule has 15 heavy (non-hydrogen) atoms. The van der Waals surface area contributed by atoms with Gasteiger partial charge in [0.1, 0.15) is 0 Å². The summed E-state index contributed by atoms with van der Waals surface area (Å²) in [7, 11) is -4.51. The number of rotatable bonds is 3. The van der Waals surface area contributed by atoms with Crippen LogP contribution in [-0.2, 0) is 14.7 Å². The predicted octanol–water partition coefficient (Wildman–Crippen LogP) is 0.849. The van der Waals surface area contributed by atoms with E-state index in [-0.39, 0.29) is 51.4 Å². The van der Waals surface area contributed by atoms with E-state index in [0.717, 1.165) is 5.56 Å². The van der Waals surface area contributed by atoms with Gasteiger partial charge in [0.2, 0.25) is 0 Å². The molecule has 1 rings (SSSR count). The molecule has 0 saturated heterocycles. The summed E-state index contributed by atoms with van der Waals surface area (Å²) < 4.78 is 32.5. The molecule has 7 heteroatoms. The van der Waals surface area contributed by atoms with Crippen LogP contribution in [0.4, 0.5) is 0 Å². The van der Waals surface area contributed by atoms with Gasteiger partial charge in [0.25, 0.3) is 0 Å². The SMILES string of the molecule is CC(=NOS(=O)(=O)O)c1ccccc1.[K]. The van der Waals surface area contributed by atoms with Crippen molar-refractivity contribution in [3.8, 4) is 0 Å². The monoisotopic (exact) mass is 254 g/mol. The fraction of sp³-hybridized carbons (Fsp3) is 0.125. The Morgan fingerprint density at radius 1 is 1.33 bits per heavy atom. The van der Waals surface area contributed by atoms with E-state index < -0.39 is 10.4 Å². The van der Waals surface area contributed by atoms with Crippen LogP contribution < -0.4 is 0 Å². The number of benzene rings is 1. The van der Waals surface area contributed by atoms with Crippen LogP contribution >= 0.6 is 0 Å². The molecular weight excluding hydrogens is 245 g/mol. The summed E-state index contributed by atoms with van der Waals surface area (Å²) >= 11 is 0. The topological polar surface area (TPSA) is 76.0 Å². The van der Waals surface area contributed by atoms with Crippen LogP contribution in [0.1, 0.15) is 12.5 Å². The van der Waals surface area contributed by atoms with Crippen molar-refractivity contribution >= 4 is 67.5 Å². The molecule has 0 heterocycles. The van der Waals surface area contributed by atoms with Crippen molar-refractivity contribution in [2.24, 2.45) is 5.16 Å². The first kappa shape index (κ1) is 15.2. The van der Waals surface area contributed by atoms with Crippen LogP contribution in [-0.4, -0.2) is 70.1 Å². The minimum absolute atomic E-state index is 0. The molecule has 0 aromatic heterocycles. The third-order valence-corrected chi connectivity index (χ3v) is 1.72. The maximum atomic E-state index is 10.2. The van der Waals surface area contributed by atoms with Gasteiger partial charge in [0, 0.05) is 51.4 Å². The van der Waals surface area contributed by atoms with Crippen LogP contribution in [0, 0.1) is 0 Å². The van der Waals surface area contributed by atoms with Gasteiger partial charge in [-0.05, 0) is 12.5 Å². The average molecular weight is 254 g/mol. The first-order chi connectivity index (χ1) is 6.49. The Morgan fingerprint density at radius 3 is 2.33 bits per heavy atom. The predicted molar refractivity (Wildman–Crippen MR) is 57.0 cm³/mol. The van der Waals surface area contributed by atoms with Crippen molar-refractivity contribution in [2.75, 3.05) is 0 Å². The van der Waals surface area contributed by atoms with E-state index in [1.54, 1.807) is 31.2 Å². The third-order valence-electron chi connectivity index (χ3n) is 1.46. The molecule has 0 bridgehead atoms. The quantitative estimate of drug-likeness (QED) is 0.375. The fourth-order valence-corrected chi connectivity index (χ4v) is 1.04. The first-order valence-corrected chi connectivity index (χ1v) is 5.11. The van der Waals surface area contributed by atoms with Gasteiger partial charge in [0.15, 0.2) is 0 Å². The molecule has 1 N–H and O–H groups in total. The summed E-state index contributed by atoms with van der Waals surface area (Å²) in [5.74, 6) is 0. The molecule has 0 aliphatic rings. The molecule has 1 aromatic carbocycles. The van der Waals surface area contributed by atoms with E-state index >= 15 is 0 Å². The Kier molecular flexibility index (Phi) is 6.85. The minimum atomic E-state index is -4.51. The van der Waals surface area contributed by atoms with Gasteiger partial charge < -0.3 is 0 Å². The Bertz CT molecular complexity index is 429. The summed E-state index contributed by atoms with van der Waals surface area (Å²) in [6.45, 7) is 1.57. The van der Waals surface area contributed by atoms with E-state index in [9.17, 15) is 8.42 Å². The van der Waals surface area contributed by atoms with E-state index in [4.69, 9.17) is 4.55 Å². The number of hydrogen-bond donors (Lipinski definition) is 1. The number of oxime groups is 1. The fourth-order valence-electron chi connectivity index (χ4n) is 0.835. The van der Waals surface area contributed by atoms with Crippen LogP contribution in [0.3, 0.4) is 0 Å². The Hall–Kier alpha value is 0.236. The zero-order valence-electron chi connectivity index (χ0n) is 8.41. The van der Waals surface area contributed by atoms with Gasteiger partial charge in [-0.1, -0.05) is 35.5 Å². The molecule has 0 aliphatic heterocycles. The van der Waals surface area contributed by atoms with Gasteiger partial charge >= 0.3 is 10.4 Å². The zero-order chi connectivity index (χ0) is 10.6. The molecule has 5 nitrogen and oxygen atoms in total. The van der Waals surface area contributed by atoms with Crippen molar-refractivity contribution < 1.29 is 17.3 Å². The zero-order valence-corrected chi connectivity index (χ0v) is 12.4. The smallest absolute Gasteiger partial charge is 0.253 e. The molecule has 1 aromatic rings. The Labute approximate surface area is 131 Å². The van der Waals surface area contributed by atoms with E-state index in [2.05, 4.69) is 9.44 Å². The standard InChI is InChI=1S/C8H9NO4S.K/c1-7(9-13-14(10,11)12)8-5-3-2-4-6-8;/h2-6H,1H3,(H,10,11,12);. The van der Waals surface area contributed by atoms with E-state index in [0.29, 0.717) is 5.71 Å². The van der Waals surface area contributed by atoms with Crippen molar-refractivity contribution in [3.63, 3.8) is 0 Å². The summed E-state index contributed by atoms with van der Waals surface area (Å²) in [5, 5.41) is 3.24. The minimum Gasteiger partial charge on any atom is -0.253 e. The maximum absolute atomic E-state index is 10.2. The molecular formula is C8H9KNO4S. The van der Waals surface area contributed by atoms with Gasteiger partial charge in [-0.15, -0.1) is 0 Å². The molecule has 0 unspecified atom stereocenters. The maximum Gasteiger partial charge on any atom is 0.466 e. The van der Waals surface area contributed by atoms with Crippen LogP contribution in [0.25, 0.3) is 0 Å². The van der Waals surface area contributed by atoms with Gasteiger partial charge in [-0.2, -0.15) is 8.42 Å². The van der Waals surface area contributed by atoms with Crippen molar-refractivity contribution in [3.05, 3.63) is 35.9 Å². The first-order valence-electron chi connectivity index (χ1n) is 3.75. The van der Waals surface area contributed by atoms with Crippen LogP contribution in [0.15, 0.2) is 35.5 Å². The largest absolute Gasteiger partial charge is 0.466 e. The van der Waals surface area contributed by atoms with Crippen LogP contribution in [0.2, 0.25) is 0 Å².